The van der Waals surface area contributed by atoms with Gasteiger partial charge in [0, 0.05) is 6.54 Å². The largest absolute Gasteiger partial charge is 0.383 e. The number of rotatable bonds is 4. The van der Waals surface area contributed by atoms with Crippen LogP contribution in [0.3, 0.4) is 0 Å². The Hall–Kier alpha value is -1.66. The Morgan fingerprint density at radius 3 is 2.88 bits per heavy atom. The van der Waals surface area contributed by atoms with E-state index in [9.17, 15) is 8.78 Å². The van der Waals surface area contributed by atoms with Crippen LogP contribution in [-0.2, 0) is 6.54 Å². The van der Waals surface area contributed by atoms with Crippen molar-refractivity contribution in [3.8, 4) is 0 Å². The number of hydrogen-bond acceptors (Lipinski definition) is 3. The topological polar surface area (TPSA) is 72.5 Å². The standard InChI is InChI=1S/C9H13F2N5/c1-2-3-4-16-9-5(8(12)13-14-9)6(15-16)7(10)11/h7H,2-4H2,1H3,(H3,12,13,14). The van der Waals surface area contributed by atoms with Crippen LogP contribution in [0.4, 0.5) is 14.6 Å². The fourth-order valence-electron chi connectivity index (χ4n) is 1.63. The lowest BCUT2D eigenvalue weighted by atomic mass is 10.3. The summed E-state index contributed by atoms with van der Waals surface area (Å²) in [6.45, 7) is 2.59. The summed E-state index contributed by atoms with van der Waals surface area (Å²) in [5.41, 5.74) is 5.66. The molecule has 0 aliphatic rings. The number of nitrogens with one attached hydrogen (secondary N) is 1. The Kier molecular flexibility index (Phi) is 2.76. The molecule has 0 saturated heterocycles. The van der Waals surface area contributed by atoms with Crippen molar-refractivity contribution < 1.29 is 8.78 Å². The van der Waals surface area contributed by atoms with Crippen molar-refractivity contribution in [2.24, 2.45) is 0 Å². The van der Waals surface area contributed by atoms with Crippen molar-refractivity contribution in [1.29, 1.82) is 0 Å². The van der Waals surface area contributed by atoms with Gasteiger partial charge in [0.1, 0.15) is 11.5 Å². The summed E-state index contributed by atoms with van der Waals surface area (Å²) in [6, 6.07) is 0. The number of fused-ring (bicyclic) bond motifs is 1. The monoisotopic (exact) mass is 229 g/mol. The number of aromatic amines is 1. The van der Waals surface area contributed by atoms with Gasteiger partial charge in [-0.3, -0.25) is 5.10 Å². The third-order valence-electron chi connectivity index (χ3n) is 2.43. The fourth-order valence-corrected chi connectivity index (χ4v) is 1.63. The van der Waals surface area contributed by atoms with Gasteiger partial charge in [-0.2, -0.15) is 10.2 Å². The van der Waals surface area contributed by atoms with Crippen molar-refractivity contribution in [3.63, 3.8) is 0 Å². The molecule has 0 atom stereocenters. The number of halogens is 2. The number of H-pyrrole nitrogens is 1. The molecule has 2 heterocycles. The molecule has 2 rings (SSSR count). The number of nitrogens with zero attached hydrogens (tertiary/aromatic N) is 3. The number of nitrogen functional groups attached to an aromatic ring is 1. The number of aromatic nitrogens is 4. The Labute approximate surface area is 90.6 Å². The van der Waals surface area contributed by atoms with Crippen LogP contribution in [0, 0.1) is 0 Å². The van der Waals surface area contributed by atoms with E-state index in [2.05, 4.69) is 15.3 Å². The lowest BCUT2D eigenvalue weighted by Crippen LogP contribution is -2.01. The minimum atomic E-state index is -2.63. The molecule has 88 valence electrons. The van der Waals surface area contributed by atoms with E-state index in [1.54, 1.807) is 0 Å². The quantitative estimate of drug-likeness (QED) is 0.843. The summed E-state index contributed by atoms with van der Waals surface area (Å²) in [5, 5.41) is 10.5. The second-order valence-corrected chi connectivity index (χ2v) is 3.60. The molecule has 2 aromatic rings. The lowest BCUT2D eigenvalue weighted by molar-refractivity contribution is 0.146. The molecule has 0 aliphatic heterocycles. The molecule has 3 N–H and O–H groups in total. The zero-order chi connectivity index (χ0) is 11.7. The number of hydrogen-bond donors (Lipinski definition) is 2. The number of anilines is 1. The van der Waals surface area contributed by atoms with Crippen LogP contribution in [0.2, 0.25) is 0 Å². The first-order chi connectivity index (χ1) is 7.65. The van der Waals surface area contributed by atoms with Gasteiger partial charge in [0.15, 0.2) is 5.65 Å². The molecule has 0 amide bonds. The number of alkyl halides is 2. The Morgan fingerprint density at radius 1 is 1.50 bits per heavy atom. The van der Waals surface area contributed by atoms with Crippen LogP contribution in [0.5, 0.6) is 0 Å². The predicted octanol–water partition coefficient (Wildman–Crippen LogP) is 2.08. The summed E-state index contributed by atoms with van der Waals surface area (Å²) in [5.74, 6) is 0.146. The second kappa shape index (κ2) is 4.07. The van der Waals surface area contributed by atoms with Crippen LogP contribution in [-0.4, -0.2) is 20.0 Å². The van der Waals surface area contributed by atoms with Crippen molar-refractivity contribution in [2.45, 2.75) is 32.7 Å². The molecule has 0 fully saturated rings. The third kappa shape index (κ3) is 1.62. The molecule has 0 bridgehead atoms. The van der Waals surface area contributed by atoms with Gasteiger partial charge in [-0.25, -0.2) is 13.5 Å². The highest BCUT2D eigenvalue weighted by Crippen LogP contribution is 2.29. The first-order valence-corrected chi connectivity index (χ1v) is 5.13. The number of aryl methyl sites for hydroxylation is 1. The van der Waals surface area contributed by atoms with Gasteiger partial charge in [0.2, 0.25) is 0 Å². The maximum absolute atomic E-state index is 12.7. The first-order valence-electron chi connectivity index (χ1n) is 5.13. The molecule has 0 saturated carbocycles. The van der Waals surface area contributed by atoms with Crippen molar-refractivity contribution >= 4 is 16.9 Å². The molecule has 0 radical (unpaired) electrons. The summed E-state index contributed by atoms with van der Waals surface area (Å²) in [4.78, 5) is 0. The van der Waals surface area contributed by atoms with Crippen LogP contribution >= 0.6 is 0 Å². The van der Waals surface area contributed by atoms with E-state index < -0.39 is 6.43 Å². The average Bonchev–Trinajstić information content (AvgIpc) is 2.77. The molecule has 7 heteroatoms. The minimum Gasteiger partial charge on any atom is -0.383 e. The smallest absolute Gasteiger partial charge is 0.282 e. The highest BCUT2D eigenvalue weighted by molar-refractivity contribution is 5.89. The number of nitrogens with two attached hydrogens (primary N) is 1. The predicted molar refractivity (Wildman–Crippen MR) is 56.2 cm³/mol. The van der Waals surface area contributed by atoms with E-state index in [1.165, 1.54) is 4.68 Å². The molecule has 16 heavy (non-hydrogen) atoms. The number of unbranched alkanes of at least 4 members (excludes halogenated alkanes) is 1. The molecule has 0 spiro atoms. The normalized spacial score (nSPS) is 11.8. The zero-order valence-electron chi connectivity index (χ0n) is 8.87. The second-order valence-electron chi connectivity index (χ2n) is 3.60. The average molecular weight is 229 g/mol. The summed E-state index contributed by atoms with van der Waals surface area (Å²) < 4.78 is 26.9. The Balaban J connectivity index is 2.50. The van der Waals surface area contributed by atoms with E-state index in [1.807, 2.05) is 6.92 Å². The van der Waals surface area contributed by atoms with Crippen LogP contribution in [0.25, 0.3) is 11.0 Å². The van der Waals surface area contributed by atoms with Gasteiger partial charge < -0.3 is 5.73 Å². The van der Waals surface area contributed by atoms with Gasteiger partial charge in [0.25, 0.3) is 6.43 Å². The maximum atomic E-state index is 12.7. The van der Waals surface area contributed by atoms with Gasteiger partial charge in [0.05, 0.1) is 5.39 Å². The lowest BCUT2D eigenvalue weighted by Gasteiger charge is -1.98. The highest BCUT2D eigenvalue weighted by atomic mass is 19.3. The Bertz CT molecular complexity index is 487. The minimum absolute atomic E-state index is 0.146. The summed E-state index contributed by atoms with van der Waals surface area (Å²) >= 11 is 0. The maximum Gasteiger partial charge on any atom is 0.282 e. The summed E-state index contributed by atoms with van der Waals surface area (Å²) in [6.07, 6.45) is -0.803. The van der Waals surface area contributed by atoms with Gasteiger partial charge in [-0.1, -0.05) is 13.3 Å². The fraction of sp³-hybridized carbons (Fsp3) is 0.556. The summed E-state index contributed by atoms with van der Waals surface area (Å²) in [7, 11) is 0. The van der Waals surface area contributed by atoms with E-state index >= 15 is 0 Å². The molecule has 5 nitrogen and oxygen atoms in total. The van der Waals surface area contributed by atoms with Crippen molar-refractivity contribution in [1.82, 2.24) is 20.0 Å². The van der Waals surface area contributed by atoms with Gasteiger partial charge in [-0.05, 0) is 6.42 Å². The molecule has 2 aromatic heterocycles. The molecule has 0 unspecified atom stereocenters. The van der Waals surface area contributed by atoms with Gasteiger partial charge >= 0.3 is 0 Å². The van der Waals surface area contributed by atoms with Gasteiger partial charge in [-0.15, -0.1) is 0 Å². The van der Waals surface area contributed by atoms with E-state index in [-0.39, 0.29) is 16.9 Å². The van der Waals surface area contributed by atoms with Crippen LogP contribution in [0.1, 0.15) is 31.9 Å². The van der Waals surface area contributed by atoms with Crippen molar-refractivity contribution in [3.05, 3.63) is 5.69 Å². The third-order valence-corrected chi connectivity index (χ3v) is 2.43. The molecule has 0 aliphatic carbocycles. The Morgan fingerprint density at radius 2 is 2.25 bits per heavy atom. The highest BCUT2D eigenvalue weighted by Gasteiger charge is 2.22. The van der Waals surface area contributed by atoms with Crippen molar-refractivity contribution in [2.75, 3.05) is 5.73 Å². The first kappa shape index (κ1) is 10.8. The molecule has 0 aromatic carbocycles. The molecular formula is C9H13F2N5. The van der Waals surface area contributed by atoms with Crippen LogP contribution in [0.15, 0.2) is 0 Å². The van der Waals surface area contributed by atoms with E-state index in [0.29, 0.717) is 12.2 Å². The van der Waals surface area contributed by atoms with E-state index in [0.717, 1.165) is 12.8 Å². The van der Waals surface area contributed by atoms with E-state index in [4.69, 9.17) is 5.73 Å². The SMILES string of the molecule is CCCCn1nc(C(F)F)c2c(N)[nH]nc21. The molecular weight excluding hydrogens is 216 g/mol. The zero-order valence-corrected chi connectivity index (χ0v) is 8.87. The van der Waals surface area contributed by atoms with Crippen LogP contribution < -0.4 is 5.73 Å².